The molecule has 0 aromatic rings. The maximum absolute atomic E-state index is 12.3. The number of nitrogens with zero attached hydrogens (tertiary/aromatic N) is 1. The Labute approximate surface area is 143 Å². The maximum atomic E-state index is 12.3. The predicted octanol–water partition coefficient (Wildman–Crippen LogP) is 2.33. The lowest BCUT2D eigenvalue weighted by molar-refractivity contribution is -0.140. The van der Waals surface area contributed by atoms with Gasteiger partial charge in [0.15, 0.2) is 0 Å². The van der Waals surface area contributed by atoms with Gasteiger partial charge in [-0.1, -0.05) is 23.8 Å². The lowest BCUT2D eigenvalue weighted by Gasteiger charge is -2.15. The second-order valence-electron chi connectivity index (χ2n) is 6.94. The van der Waals surface area contributed by atoms with E-state index in [1.165, 1.54) is 23.3 Å². The fraction of sp³-hybridized carbons (Fsp3) is 0.632. The largest absolute Gasteiger partial charge is 0.356 e. The van der Waals surface area contributed by atoms with Crippen molar-refractivity contribution in [1.29, 1.82) is 0 Å². The molecule has 3 amide bonds. The van der Waals surface area contributed by atoms with Crippen molar-refractivity contribution in [3.05, 3.63) is 23.8 Å². The van der Waals surface area contributed by atoms with Crippen molar-refractivity contribution in [2.24, 2.45) is 11.8 Å². The summed E-state index contributed by atoms with van der Waals surface area (Å²) in [7, 11) is 0. The van der Waals surface area contributed by atoms with E-state index >= 15 is 0 Å². The summed E-state index contributed by atoms with van der Waals surface area (Å²) in [5, 5.41) is 2.90. The van der Waals surface area contributed by atoms with E-state index in [0.29, 0.717) is 19.4 Å². The summed E-state index contributed by atoms with van der Waals surface area (Å²) in [5.41, 5.74) is 1.43. The molecule has 0 saturated carbocycles. The fourth-order valence-corrected chi connectivity index (χ4v) is 3.89. The van der Waals surface area contributed by atoms with Crippen LogP contribution in [0.2, 0.25) is 0 Å². The third kappa shape index (κ3) is 3.77. The van der Waals surface area contributed by atoms with Crippen molar-refractivity contribution in [2.75, 3.05) is 13.1 Å². The smallest absolute Gasteiger partial charge is 0.233 e. The van der Waals surface area contributed by atoms with Crippen LogP contribution in [0.5, 0.6) is 0 Å². The minimum Gasteiger partial charge on any atom is -0.356 e. The first-order valence-corrected chi connectivity index (χ1v) is 9.11. The van der Waals surface area contributed by atoms with Crippen LogP contribution in [0.25, 0.3) is 0 Å². The van der Waals surface area contributed by atoms with E-state index in [1.807, 2.05) is 12.2 Å². The van der Waals surface area contributed by atoms with E-state index < -0.39 is 0 Å². The Morgan fingerprint density at radius 1 is 1.12 bits per heavy atom. The predicted molar refractivity (Wildman–Crippen MR) is 90.9 cm³/mol. The van der Waals surface area contributed by atoms with Gasteiger partial charge in [0, 0.05) is 19.5 Å². The highest BCUT2D eigenvalue weighted by Gasteiger charge is 2.46. The second-order valence-corrected chi connectivity index (χ2v) is 6.94. The minimum absolute atomic E-state index is 0.0833. The molecule has 2 atom stereocenters. The topological polar surface area (TPSA) is 66.5 Å². The van der Waals surface area contributed by atoms with Crippen molar-refractivity contribution in [1.82, 2.24) is 10.2 Å². The Morgan fingerprint density at radius 2 is 1.83 bits per heavy atom. The van der Waals surface area contributed by atoms with Crippen LogP contribution in [-0.4, -0.2) is 35.7 Å². The minimum atomic E-state index is -0.205. The van der Waals surface area contributed by atoms with Crippen LogP contribution in [0, 0.1) is 11.8 Å². The van der Waals surface area contributed by atoms with Gasteiger partial charge in [-0.2, -0.15) is 0 Å². The number of hydrogen-bond donors (Lipinski definition) is 1. The Morgan fingerprint density at radius 3 is 2.46 bits per heavy atom. The Hall–Kier alpha value is -1.91. The van der Waals surface area contributed by atoms with Crippen LogP contribution in [-0.2, 0) is 14.4 Å². The fourth-order valence-electron chi connectivity index (χ4n) is 3.89. The first-order valence-electron chi connectivity index (χ1n) is 9.11. The van der Waals surface area contributed by atoms with Gasteiger partial charge >= 0.3 is 0 Å². The number of hydrogen-bond acceptors (Lipinski definition) is 3. The van der Waals surface area contributed by atoms with Crippen molar-refractivity contribution in [3.63, 3.8) is 0 Å². The van der Waals surface area contributed by atoms with Gasteiger partial charge in [0.05, 0.1) is 11.8 Å². The molecule has 5 heteroatoms. The summed E-state index contributed by atoms with van der Waals surface area (Å²) >= 11 is 0. The summed E-state index contributed by atoms with van der Waals surface area (Å²) in [6.07, 6.45) is 13.4. The van der Waals surface area contributed by atoms with Gasteiger partial charge in [-0.15, -0.1) is 0 Å². The molecule has 0 bridgehead atoms. The average Bonchev–Trinajstić information content (AvgIpc) is 2.85. The molecular formula is C19H26N2O3. The highest BCUT2D eigenvalue weighted by atomic mass is 16.2. The van der Waals surface area contributed by atoms with Gasteiger partial charge in [0.2, 0.25) is 17.7 Å². The molecule has 3 aliphatic rings. The van der Waals surface area contributed by atoms with Crippen LogP contribution in [0.15, 0.2) is 23.8 Å². The molecule has 0 unspecified atom stereocenters. The molecule has 1 heterocycles. The molecule has 0 aromatic carbocycles. The highest BCUT2D eigenvalue weighted by molar-refractivity contribution is 6.05. The van der Waals surface area contributed by atoms with E-state index in [-0.39, 0.29) is 42.5 Å². The normalized spacial score (nSPS) is 26.3. The first kappa shape index (κ1) is 16.9. The van der Waals surface area contributed by atoms with E-state index in [4.69, 9.17) is 0 Å². The van der Waals surface area contributed by atoms with Gasteiger partial charge in [-0.05, 0) is 44.9 Å². The molecule has 0 spiro atoms. The van der Waals surface area contributed by atoms with E-state index in [1.54, 1.807) is 0 Å². The second kappa shape index (κ2) is 7.77. The number of amides is 3. The zero-order valence-electron chi connectivity index (χ0n) is 14.1. The van der Waals surface area contributed by atoms with Crippen molar-refractivity contribution in [2.45, 2.75) is 51.4 Å². The van der Waals surface area contributed by atoms with Crippen LogP contribution >= 0.6 is 0 Å². The number of likely N-dealkylation sites (tertiary alicyclic amines) is 1. The molecule has 130 valence electrons. The average molecular weight is 330 g/mol. The van der Waals surface area contributed by atoms with Crippen LogP contribution < -0.4 is 5.32 Å². The third-order valence-electron chi connectivity index (χ3n) is 5.31. The van der Waals surface area contributed by atoms with Gasteiger partial charge in [-0.3, -0.25) is 19.3 Å². The molecule has 0 aromatic heterocycles. The van der Waals surface area contributed by atoms with Gasteiger partial charge in [-0.25, -0.2) is 0 Å². The summed E-state index contributed by atoms with van der Waals surface area (Å²) in [6.45, 7) is 0.848. The van der Waals surface area contributed by atoms with Crippen LogP contribution in [0.1, 0.15) is 51.4 Å². The van der Waals surface area contributed by atoms with Crippen molar-refractivity contribution >= 4 is 17.7 Å². The number of carbonyl (C=O) groups excluding carboxylic acids is 3. The maximum Gasteiger partial charge on any atom is 0.233 e. The summed E-state index contributed by atoms with van der Waals surface area (Å²) < 4.78 is 0. The molecule has 0 radical (unpaired) electrons. The Kier molecular flexibility index (Phi) is 5.48. The zero-order chi connectivity index (χ0) is 16.9. The number of rotatable bonds is 6. The van der Waals surface area contributed by atoms with Crippen LogP contribution in [0.4, 0.5) is 0 Å². The van der Waals surface area contributed by atoms with Crippen molar-refractivity contribution < 1.29 is 14.4 Å². The molecule has 2 aliphatic carbocycles. The van der Waals surface area contributed by atoms with E-state index in [0.717, 1.165) is 19.3 Å². The van der Waals surface area contributed by atoms with Gasteiger partial charge < -0.3 is 5.32 Å². The number of imide groups is 1. The Balaban J connectivity index is 1.40. The number of fused-ring (bicyclic) bond motifs is 1. The molecular weight excluding hydrogens is 304 g/mol. The first-order chi connectivity index (χ1) is 11.7. The summed E-state index contributed by atoms with van der Waals surface area (Å²) in [5.74, 6) is -0.698. The quantitative estimate of drug-likeness (QED) is 0.600. The molecule has 1 aliphatic heterocycles. The molecule has 1 fully saturated rings. The monoisotopic (exact) mass is 330 g/mol. The molecule has 3 rings (SSSR count). The molecule has 1 saturated heterocycles. The third-order valence-corrected chi connectivity index (χ3v) is 5.31. The number of carbonyl (C=O) groups is 3. The van der Waals surface area contributed by atoms with Gasteiger partial charge in [0.1, 0.15) is 0 Å². The lowest BCUT2D eigenvalue weighted by atomic mass is 9.85. The van der Waals surface area contributed by atoms with Crippen molar-refractivity contribution in [3.8, 4) is 0 Å². The zero-order valence-corrected chi connectivity index (χ0v) is 14.1. The summed E-state index contributed by atoms with van der Waals surface area (Å²) in [6, 6.07) is 0. The van der Waals surface area contributed by atoms with Gasteiger partial charge in [0.25, 0.3) is 0 Å². The Bertz CT molecular complexity index is 553. The molecule has 1 N–H and O–H groups in total. The lowest BCUT2D eigenvalue weighted by Crippen LogP contribution is -2.35. The van der Waals surface area contributed by atoms with E-state index in [2.05, 4.69) is 11.4 Å². The highest BCUT2D eigenvalue weighted by Crippen LogP contribution is 2.34. The summed E-state index contributed by atoms with van der Waals surface area (Å²) in [4.78, 5) is 37.9. The number of allylic oxidation sites excluding steroid dienone is 3. The molecule has 24 heavy (non-hydrogen) atoms. The standard InChI is InChI=1S/C19H26N2O3/c22-17(20-12-10-14-6-2-1-3-7-14)11-13-21-18(23)15-8-4-5-9-16(15)19(21)24/h4-6,15-16H,1-3,7-13H2,(H,20,22)/t15-,16-/m0/s1. The van der Waals surface area contributed by atoms with Crippen LogP contribution in [0.3, 0.4) is 0 Å². The molecule has 5 nitrogen and oxygen atoms in total. The van der Waals surface area contributed by atoms with E-state index in [9.17, 15) is 14.4 Å². The number of nitrogens with one attached hydrogen (secondary N) is 1. The SMILES string of the molecule is O=C(CCN1C(=O)[C@H]2CC=CC[C@@H]2C1=O)NCCC1=CCCCC1.